The lowest BCUT2D eigenvalue weighted by Crippen LogP contribution is -2.13. The predicted octanol–water partition coefficient (Wildman–Crippen LogP) is 2.41. The normalized spacial score (nSPS) is 11.2. The van der Waals surface area contributed by atoms with Crippen LogP contribution in [0.2, 0.25) is 0 Å². The van der Waals surface area contributed by atoms with Gasteiger partial charge in [-0.1, -0.05) is 37.3 Å². The fraction of sp³-hybridized carbons (Fsp3) is 0.400. The summed E-state index contributed by atoms with van der Waals surface area (Å²) in [6.07, 6.45) is 2.30. The molecule has 0 saturated heterocycles. The molecule has 0 saturated carbocycles. The molecule has 1 atom stereocenters. The van der Waals surface area contributed by atoms with Crippen LogP contribution in [0.3, 0.4) is 0 Å². The van der Waals surface area contributed by atoms with Crippen molar-refractivity contribution in [1.82, 2.24) is 0 Å². The van der Waals surface area contributed by atoms with E-state index in [0.29, 0.717) is 12.8 Å². The van der Waals surface area contributed by atoms with Crippen LogP contribution in [0.1, 0.15) is 31.7 Å². The Morgan fingerprint density at radius 1 is 1.35 bits per heavy atom. The summed E-state index contributed by atoms with van der Waals surface area (Å²) in [7, 11) is 0. The van der Waals surface area contributed by atoms with Gasteiger partial charge in [-0.05, 0) is 18.4 Å². The van der Waals surface area contributed by atoms with Gasteiger partial charge in [0.1, 0.15) is 6.61 Å². The van der Waals surface area contributed by atoms with E-state index in [1.807, 2.05) is 30.3 Å². The van der Waals surface area contributed by atoms with Gasteiger partial charge in [0.2, 0.25) is 5.78 Å². The number of esters is 1. The van der Waals surface area contributed by atoms with E-state index in [4.69, 9.17) is 10.3 Å². The minimum absolute atomic E-state index is 0.245. The Bertz CT molecular complexity index is 493. The van der Waals surface area contributed by atoms with Crippen LogP contribution in [-0.4, -0.2) is 22.8 Å². The molecular formula is C15H18N2O3. The summed E-state index contributed by atoms with van der Waals surface area (Å²) in [6, 6.07) is 9.46. The monoisotopic (exact) mass is 274 g/mol. The van der Waals surface area contributed by atoms with Crippen LogP contribution in [0.15, 0.2) is 30.3 Å². The van der Waals surface area contributed by atoms with Crippen molar-refractivity contribution in [2.24, 2.45) is 5.92 Å². The van der Waals surface area contributed by atoms with Gasteiger partial charge in [-0.25, -0.2) is 0 Å². The van der Waals surface area contributed by atoms with Crippen molar-refractivity contribution >= 4 is 18.0 Å². The van der Waals surface area contributed by atoms with E-state index >= 15 is 0 Å². The quantitative estimate of drug-likeness (QED) is 0.316. The van der Waals surface area contributed by atoms with Gasteiger partial charge in [0.25, 0.3) is 0 Å². The number of hydrogen-bond acceptors (Lipinski definition) is 3. The number of ketones is 1. The molecule has 5 heteroatoms. The molecule has 0 unspecified atom stereocenters. The van der Waals surface area contributed by atoms with Crippen molar-refractivity contribution < 1.29 is 19.1 Å². The van der Waals surface area contributed by atoms with Crippen molar-refractivity contribution in [2.75, 3.05) is 0 Å². The summed E-state index contributed by atoms with van der Waals surface area (Å²) in [5.41, 5.74) is 9.20. The second-order valence-electron chi connectivity index (χ2n) is 4.59. The number of carbonyl (C=O) groups is 2. The SMILES string of the molecule is C[C@@H](CCCC(=O)OCc1ccccc1)C(=O)C=[N+]=[N-]. The zero-order valence-corrected chi connectivity index (χ0v) is 11.5. The number of benzene rings is 1. The second kappa shape index (κ2) is 8.77. The lowest BCUT2D eigenvalue weighted by atomic mass is 10.0. The highest BCUT2D eigenvalue weighted by Crippen LogP contribution is 2.09. The van der Waals surface area contributed by atoms with Gasteiger partial charge in [0, 0.05) is 12.3 Å². The van der Waals surface area contributed by atoms with Crippen molar-refractivity contribution in [3.63, 3.8) is 0 Å². The Morgan fingerprint density at radius 2 is 2.05 bits per heavy atom. The zero-order chi connectivity index (χ0) is 14.8. The third kappa shape index (κ3) is 6.07. The molecule has 0 bridgehead atoms. The fourth-order valence-electron chi connectivity index (χ4n) is 1.69. The lowest BCUT2D eigenvalue weighted by Gasteiger charge is -2.06. The van der Waals surface area contributed by atoms with Gasteiger partial charge in [-0.2, -0.15) is 4.79 Å². The number of rotatable bonds is 8. The van der Waals surface area contributed by atoms with Gasteiger partial charge in [0.15, 0.2) is 0 Å². The molecule has 5 nitrogen and oxygen atoms in total. The molecule has 0 aliphatic heterocycles. The van der Waals surface area contributed by atoms with Crippen LogP contribution >= 0.6 is 0 Å². The summed E-state index contributed by atoms with van der Waals surface area (Å²) < 4.78 is 5.13. The van der Waals surface area contributed by atoms with E-state index < -0.39 is 0 Å². The Balaban J connectivity index is 2.20. The number of carbonyl (C=O) groups excluding carboxylic acids is 2. The number of hydrogen-bond donors (Lipinski definition) is 0. The highest BCUT2D eigenvalue weighted by atomic mass is 16.5. The van der Waals surface area contributed by atoms with Crippen molar-refractivity contribution in [1.29, 1.82) is 0 Å². The molecule has 0 fully saturated rings. The molecule has 0 N–H and O–H groups in total. The molecule has 0 amide bonds. The minimum Gasteiger partial charge on any atom is -0.461 e. The first-order chi connectivity index (χ1) is 9.63. The topological polar surface area (TPSA) is 79.8 Å². The first-order valence-corrected chi connectivity index (χ1v) is 6.54. The molecule has 0 radical (unpaired) electrons. The summed E-state index contributed by atoms with van der Waals surface area (Å²) >= 11 is 0. The smallest absolute Gasteiger partial charge is 0.323 e. The van der Waals surface area contributed by atoms with Crippen LogP contribution in [0.4, 0.5) is 0 Å². The average Bonchev–Trinajstić information content (AvgIpc) is 2.46. The van der Waals surface area contributed by atoms with Gasteiger partial charge < -0.3 is 10.3 Å². The molecule has 0 heterocycles. The first kappa shape index (κ1) is 15.8. The largest absolute Gasteiger partial charge is 0.461 e. The van der Waals surface area contributed by atoms with Crippen LogP contribution in [-0.2, 0) is 20.9 Å². The summed E-state index contributed by atoms with van der Waals surface area (Å²) in [5.74, 6) is -0.776. The number of nitrogens with zero attached hydrogens (tertiary/aromatic N) is 2. The van der Waals surface area contributed by atoms with Crippen LogP contribution in [0.25, 0.3) is 5.53 Å². The van der Waals surface area contributed by atoms with E-state index in [1.54, 1.807) is 6.92 Å². The maximum atomic E-state index is 11.5. The molecule has 106 valence electrons. The maximum Gasteiger partial charge on any atom is 0.323 e. The molecule has 20 heavy (non-hydrogen) atoms. The lowest BCUT2D eigenvalue weighted by molar-refractivity contribution is -0.145. The standard InChI is InChI=1S/C15H18N2O3/c1-12(14(18)10-17-16)6-5-9-15(19)20-11-13-7-3-2-4-8-13/h2-4,7-8,10,12H,5-6,9,11H2,1H3/t12-/m0/s1. The Morgan fingerprint density at radius 3 is 2.70 bits per heavy atom. The minimum atomic E-state index is -0.274. The fourth-order valence-corrected chi connectivity index (χ4v) is 1.69. The maximum absolute atomic E-state index is 11.5. The third-order valence-electron chi connectivity index (χ3n) is 2.93. The zero-order valence-electron chi connectivity index (χ0n) is 11.5. The Hall–Kier alpha value is -2.26. The summed E-state index contributed by atoms with van der Waals surface area (Å²) in [5, 5.41) is 0. The van der Waals surface area contributed by atoms with Gasteiger partial charge >= 0.3 is 12.2 Å². The molecule has 1 rings (SSSR count). The molecule has 0 spiro atoms. The molecule has 1 aromatic rings. The molecule has 1 aromatic carbocycles. The van der Waals surface area contributed by atoms with Crippen LogP contribution < -0.4 is 0 Å². The average molecular weight is 274 g/mol. The predicted molar refractivity (Wildman–Crippen MR) is 73.9 cm³/mol. The van der Waals surface area contributed by atoms with E-state index in [1.165, 1.54) is 0 Å². The summed E-state index contributed by atoms with van der Waals surface area (Å²) in [6.45, 7) is 2.00. The van der Waals surface area contributed by atoms with Gasteiger partial charge in [-0.15, -0.1) is 0 Å². The van der Waals surface area contributed by atoms with Crippen molar-refractivity contribution in [3.05, 3.63) is 41.4 Å². The first-order valence-electron chi connectivity index (χ1n) is 6.54. The van der Waals surface area contributed by atoms with Crippen LogP contribution in [0, 0.1) is 5.92 Å². The van der Waals surface area contributed by atoms with Gasteiger partial charge in [-0.3, -0.25) is 9.59 Å². The molecule has 0 aliphatic rings. The van der Waals surface area contributed by atoms with E-state index in [9.17, 15) is 9.59 Å². The Kier molecular flexibility index (Phi) is 6.93. The number of Topliss-reactive ketones (excluding diaryl/α,β-unsaturated/α-hetero) is 1. The highest BCUT2D eigenvalue weighted by molar-refractivity contribution is 6.26. The highest BCUT2D eigenvalue weighted by Gasteiger charge is 2.14. The molecule has 0 aliphatic carbocycles. The van der Waals surface area contributed by atoms with Crippen LogP contribution in [0.5, 0.6) is 0 Å². The molecule has 0 aromatic heterocycles. The third-order valence-corrected chi connectivity index (χ3v) is 2.93. The van der Waals surface area contributed by atoms with E-state index in [2.05, 4.69) is 4.79 Å². The van der Waals surface area contributed by atoms with E-state index in [-0.39, 0.29) is 30.7 Å². The summed E-state index contributed by atoms with van der Waals surface area (Å²) in [4.78, 5) is 25.5. The Labute approximate surface area is 118 Å². The van der Waals surface area contributed by atoms with Crippen molar-refractivity contribution in [2.45, 2.75) is 32.8 Å². The molecular weight excluding hydrogens is 256 g/mol. The number of ether oxygens (including phenoxy) is 1. The van der Waals surface area contributed by atoms with Crippen molar-refractivity contribution in [3.8, 4) is 0 Å². The van der Waals surface area contributed by atoms with E-state index in [0.717, 1.165) is 11.8 Å². The second-order valence-corrected chi connectivity index (χ2v) is 4.59. The van der Waals surface area contributed by atoms with Gasteiger partial charge in [0.05, 0.1) is 0 Å².